The first kappa shape index (κ1) is 33.0. The average Bonchev–Trinajstić information content (AvgIpc) is 3.05. The maximum Gasteiger partial charge on any atom is 0.251 e. The third-order valence-corrected chi connectivity index (χ3v) is 8.30. The first-order valence-electron chi connectivity index (χ1n) is 15.5. The highest BCUT2D eigenvalue weighted by Crippen LogP contribution is 2.29. The second-order valence-electron chi connectivity index (χ2n) is 11.7. The molecule has 45 heavy (non-hydrogen) atoms. The van der Waals surface area contributed by atoms with E-state index in [0.29, 0.717) is 31.4 Å². The van der Waals surface area contributed by atoms with Crippen LogP contribution in [0.3, 0.4) is 0 Å². The summed E-state index contributed by atoms with van der Waals surface area (Å²) in [6, 6.07) is 20.9. The zero-order valence-electron chi connectivity index (χ0n) is 25.4. The number of fused-ring (bicyclic) bond motifs is 1. The molecule has 0 bridgehead atoms. The minimum absolute atomic E-state index is 0.0547. The van der Waals surface area contributed by atoms with Gasteiger partial charge in [-0.25, -0.2) is 0 Å². The van der Waals surface area contributed by atoms with Gasteiger partial charge in [-0.15, -0.1) is 0 Å². The summed E-state index contributed by atoms with van der Waals surface area (Å²) in [6.07, 6.45) is 3.78. The molecular weight excluding hydrogens is 570 g/mol. The Morgan fingerprint density at radius 2 is 1.49 bits per heavy atom. The molecule has 2 atom stereocenters. The van der Waals surface area contributed by atoms with Gasteiger partial charge in [0.15, 0.2) is 5.96 Å². The lowest BCUT2D eigenvalue weighted by molar-refractivity contribution is -0.133. The number of nitrogens with one attached hydrogen (secondary N) is 3. The fourth-order valence-corrected chi connectivity index (χ4v) is 5.72. The number of primary amides is 1. The molecule has 1 fully saturated rings. The van der Waals surface area contributed by atoms with Crippen LogP contribution in [0.1, 0.15) is 54.4 Å². The van der Waals surface area contributed by atoms with E-state index in [1.165, 1.54) is 0 Å². The van der Waals surface area contributed by atoms with Crippen molar-refractivity contribution in [2.24, 2.45) is 34.0 Å². The minimum Gasteiger partial charge on any atom is -0.370 e. The van der Waals surface area contributed by atoms with Gasteiger partial charge in [0.1, 0.15) is 12.1 Å². The Morgan fingerprint density at radius 3 is 2.18 bits per heavy atom. The molecule has 0 radical (unpaired) electrons. The van der Waals surface area contributed by atoms with E-state index in [2.05, 4.69) is 20.9 Å². The number of nitrogens with zero attached hydrogens (tertiary/aromatic N) is 1. The van der Waals surface area contributed by atoms with Gasteiger partial charge in [0.05, 0.1) is 0 Å². The van der Waals surface area contributed by atoms with Crippen molar-refractivity contribution in [2.75, 3.05) is 13.1 Å². The summed E-state index contributed by atoms with van der Waals surface area (Å²) >= 11 is 0. The number of amides is 4. The maximum atomic E-state index is 13.5. The van der Waals surface area contributed by atoms with Crippen LogP contribution in [0.25, 0.3) is 10.8 Å². The van der Waals surface area contributed by atoms with Crippen molar-refractivity contribution in [2.45, 2.75) is 57.0 Å². The summed E-state index contributed by atoms with van der Waals surface area (Å²) in [5.74, 6) is -1.53. The molecule has 4 amide bonds. The molecule has 11 nitrogen and oxygen atoms in total. The van der Waals surface area contributed by atoms with E-state index in [-0.39, 0.29) is 49.0 Å². The maximum absolute atomic E-state index is 13.5. The Hall–Kier alpha value is -4.93. The molecule has 0 spiro atoms. The lowest BCUT2D eigenvalue weighted by Crippen LogP contribution is -2.54. The number of nitrogens with two attached hydrogens (primary N) is 3. The number of hydrogen-bond acceptors (Lipinski definition) is 5. The highest BCUT2D eigenvalue weighted by atomic mass is 16.2. The Balaban J connectivity index is 1.33. The molecule has 3 aromatic rings. The van der Waals surface area contributed by atoms with Gasteiger partial charge in [-0.3, -0.25) is 24.2 Å². The minimum atomic E-state index is -0.961. The van der Waals surface area contributed by atoms with E-state index >= 15 is 0 Å². The number of carbonyl (C=O) groups excluding carboxylic acids is 4. The summed E-state index contributed by atoms with van der Waals surface area (Å²) in [7, 11) is 0. The number of aliphatic imine (C=N–C) groups is 1. The number of benzene rings is 3. The Labute approximate surface area is 263 Å². The Kier molecular flexibility index (Phi) is 11.9. The fourth-order valence-electron chi connectivity index (χ4n) is 5.72. The van der Waals surface area contributed by atoms with Crippen LogP contribution in [0.4, 0.5) is 0 Å². The van der Waals surface area contributed by atoms with Gasteiger partial charge in [-0.2, -0.15) is 0 Å². The molecular formula is C34H43N7O4. The molecule has 1 aliphatic rings. The van der Waals surface area contributed by atoms with Crippen molar-refractivity contribution in [3.63, 3.8) is 0 Å². The van der Waals surface area contributed by atoms with Crippen LogP contribution in [0.15, 0.2) is 77.8 Å². The van der Waals surface area contributed by atoms with Crippen molar-refractivity contribution in [1.82, 2.24) is 16.0 Å². The summed E-state index contributed by atoms with van der Waals surface area (Å²) in [5, 5.41) is 10.7. The van der Waals surface area contributed by atoms with Crippen molar-refractivity contribution in [3.05, 3.63) is 83.9 Å². The van der Waals surface area contributed by atoms with E-state index in [4.69, 9.17) is 17.2 Å². The molecule has 0 aliphatic heterocycles. The van der Waals surface area contributed by atoms with Crippen molar-refractivity contribution in [1.29, 1.82) is 0 Å². The van der Waals surface area contributed by atoms with E-state index < -0.39 is 23.9 Å². The number of rotatable bonds is 14. The molecule has 0 heterocycles. The largest absolute Gasteiger partial charge is 0.370 e. The van der Waals surface area contributed by atoms with E-state index in [1.807, 2.05) is 60.7 Å². The van der Waals surface area contributed by atoms with E-state index in [0.717, 1.165) is 29.2 Å². The molecule has 9 N–H and O–H groups in total. The van der Waals surface area contributed by atoms with Crippen LogP contribution >= 0.6 is 0 Å². The second-order valence-corrected chi connectivity index (χ2v) is 11.7. The summed E-state index contributed by atoms with van der Waals surface area (Å²) in [5.41, 5.74) is 18.0. The summed E-state index contributed by atoms with van der Waals surface area (Å²) in [6.45, 7) is 0.835. The van der Waals surface area contributed by atoms with Gasteiger partial charge >= 0.3 is 0 Å². The molecule has 238 valence electrons. The van der Waals surface area contributed by atoms with E-state index in [1.54, 1.807) is 12.1 Å². The Morgan fingerprint density at radius 1 is 0.800 bits per heavy atom. The topological polar surface area (TPSA) is 195 Å². The van der Waals surface area contributed by atoms with Crippen molar-refractivity contribution in [3.8, 4) is 0 Å². The first-order valence-corrected chi connectivity index (χ1v) is 15.5. The quantitative estimate of drug-likeness (QED) is 0.0915. The van der Waals surface area contributed by atoms with Crippen LogP contribution < -0.4 is 33.2 Å². The third kappa shape index (κ3) is 10.1. The highest BCUT2D eigenvalue weighted by Gasteiger charge is 2.31. The third-order valence-electron chi connectivity index (χ3n) is 8.30. The zero-order chi connectivity index (χ0) is 32.2. The summed E-state index contributed by atoms with van der Waals surface area (Å²) in [4.78, 5) is 55.6. The van der Waals surface area contributed by atoms with Crippen molar-refractivity contribution >= 4 is 40.4 Å². The lowest BCUT2D eigenvalue weighted by Gasteiger charge is -2.29. The zero-order valence-corrected chi connectivity index (χ0v) is 25.4. The molecule has 0 unspecified atom stereocenters. The fraction of sp³-hybridized carbons (Fsp3) is 0.382. The smallest absolute Gasteiger partial charge is 0.251 e. The van der Waals surface area contributed by atoms with Gasteiger partial charge in [0, 0.05) is 31.0 Å². The number of hydrogen-bond donors (Lipinski definition) is 6. The SMILES string of the molecule is NC(=O)[C@H](Cc1ccc2ccccc2c1)NC(=O)[C@H](CCCN=C(N)N)NC(=O)C1CCC(CNC(=O)c2ccccc2)CC1. The highest BCUT2D eigenvalue weighted by molar-refractivity contribution is 5.94. The lowest BCUT2D eigenvalue weighted by atomic mass is 9.81. The van der Waals surface area contributed by atoms with Crippen LogP contribution in [0.5, 0.6) is 0 Å². The Bertz CT molecular complexity index is 1500. The second kappa shape index (κ2) is 16.2. The average molecular weight is 614 g/mol. The van der Waals surface area contributed by atoms with Crippen molar-refractivity contribution < 1.29 is 19.2 Å². The van der Waals surface area contributed by atoms with Gasteiger partial charge in [-0.05, 0) is 72.9 Å². The van der Waals surface area contributed by atoms with E-state index in [9.17, 15) is 19.2 Å². The molecule has 0 aromatic heterocycles. The van der Waals surface area contributed by atoms with Gasteiger partial charge in [0.2, 0.25) is 17.7 Å². The van der Waals surface area contributed by atoms with Crippen LogP contribution in [-0.2, 0) is 20.8 Å². The predicted octanol–water partition coefficient (Wildman–Crippen LogP) is 2.13. The number of guanidine groups is 1. The molecule has 1 aliphatic carbocycles. The van der Waals surface area contributed by atoms with Gasteiger partial charge in [0.25, 0.3) is 5.91 Å². The molecule has 11 heteroatoms. The first-order chi connectivity index (χ1) is 21.7. The van der Waals surface area contributed by atoms with Gasteiger partial charge < -0.3 is 33.2 Å². The molecule has 1 saturated carbocycles. The normalized spacial score (nSPS) is 17.4. The standard InChI is InChI=1S/C34H43N7O4/c35-30(42)29(20-23-14-15-24-7-4-5-10-27(24)19-23)41-33(45)28(11-6-18-38-34(36)37)40-32(44)26-16-12-22(13-17-26)21-39-31(43)25-8-2-1-3-9-25/h1-5,7-10,14-15,19,22,26,28-29H,6,11-13,16-18,20-21H2,(H2,35,42)(H,39,43)(H,40,44)(H,41,45)(H4,36,37,38)/t22?,26?,28-,29-/m0/s1. The summed E-state index contributed by atoms with van der Waals surface area (Å²) < 4.78 is 0. The molecule has 4 rings (SSSR count). The molecule has 3 aromatic carbocycles. The van der Waals surface area contributed by atoms with Crippen LogP contribution in [0.2, 0.25) is 0 Å². The van der Waals surface area contributed by atoms with Gasteiger partial charge in [-0.1, -0.05) is 60.7 Å². The number of carbonyl (C=O) groups is 4. The predicted molar refractivity (Wildman–Crippen MR) is 175 cm³/mol. The van der Waals surface area contributed by atoms with Crippen LogP contribution in [0, 0.1) is 11.8 Å². The molecule has 0 saturated heterocycles. The van der Waals surface area contributed by atoms with Crippen LogP contribution in [-0.4, -0.2) is 54.8 Å². The monoisotopic (exact) mass is 613 g/mol.